The zero-order valence-electron chi connectivity index (χ0n) is 9.39. The summed E-state index contributed by atoms with van der Waals surface area (Å²) in [6, 6.07) is 1.06. The lowest BCUT2D eigenvalue weighted by Gasteiger charge is -2.10. The van der Waals surface area contributed by atoms with Gasteiger partial charge in [0.1, 0.15) is 10.9 Å². The molecule has 6 nitrogen and oxygen atoms in total. The van der Waals surface area contributed by atoms with Crippen LogP contribution in [0.2, 0.25) is 0 Å². The molecule has 0 bridgehead atoms. The van der Waals surface area contributed by atoms with Crippen molar-refractivity contribution in [2.75, 3.05) is 18.2 Å². The lowest BCUT2D eigenvalue weighted by molar-refractivity contribution is -0.117. The first kappa shape index (κ1) is 12.9. The van der Waals surface area contributed by atoms with Gasteiger partial charge in [-0.2, -0.15) is 0 Å². The van der Waals surface area contributed by atoms with Gasteiger partial charge in [-0.3, -0.25) is 9.59 Å². The SMILES string of the molecule is COC(=O)c1sccc1NC(=O)C1CSC(=O)N1. The van der Waals surface area contributed by atoms with Crippen molar-refractivity contribution in [2.45, 2.75) is 6.04 Å². The van der Waals surface area contributed by atoms with Crippen LogP contribution < -0.4 is 10.6 Å². The highest BCUT2D eigenvalue weighted by Crippen LogP contribution is 2.24. The van der Waals surface area contributed by atoms with E-state index in [4.69, 9.17) is 0 Å². The second kappa shape index (κ2) is 5.40. The molecule has 1 saturated heterocycles. The number of ether oxygens (including phenoxy) is 1. The fourth-order valence-electron chi connectivity index (χ4n) is 1.40. The average Bonchev–Trinajstić information content (AvgIpc) is 2.97. The number of thioether (sulfide) groups is 1. The Morgan fingerprint density at radius 2 is 2.33 bits per heavy atom. The molecule has 96 valence electrons. The predicted molar refractivity (Wildman–Crippen MR) is 69.1 cm³/mol. The zero-order valence-corrected chi connectivity index (χ0v) is 11.0. The maximum absolute atomic E-state index is 11.8. The highest BCUT2D eigenvalue weighted by Gasteiger charge is 2.29. The third-order valence-electron chi connectivity index (χ3n) is 2.28. The van der Waals surface area contributed by atoms with Gasteiger partial charge in [0.15, 0.2) is 0 Å². The molecule has 0 spiro atoms. The van der Waals surface area contributed by atoms with Gasteiger partial charge in [-0.15, -0.1) is 11.3 Å². The fourth-order valence-corrected chi connectivity index (χ4v) is 2.95. The molecule has 2 rings (SSSR count). The number of thiophene rings is 1. The first-order chi connectivity index (χ1) is 8.61. The molecule has 2 N–H and O–H groups in total. The van der Waals surface area contributed by atoms with Crippen LogP contribution >= 0.6 is 23.1 Å². The van der Waals surface area contributed by atoms with Crippen LogP contribution in [0.4, 0.5) is 10.5 Å². The number of rotatable bonds is 3. The van der Waals surface area contributed by atoms with Gasteiger partial charge >= 0.3 is 5.97 Å². The molecule has 0 aliphatic carbocycles. The number of carbonyl (C=O) groups is 3. The van der Waals surface area contributed by atoms with E-state index in [0.29, 0.717) is 16.3 Å². The van der Waals surface area contributed by atoms with Crippen LogP contribution in [0.5, 0.6) is 0 Å². The monoisotopic (exact) mass is 286 g/mol. The van der Waals surface area contributed by atoms with Crippen LogP contribution in [0.3, 0.4) is 0 Å². The Hall–Kier alpha value is -1.54. The van der Waals surface area contributed by atoms with Crippen molar-refractivity contribution in [3.8, 4) is 0 Å². The lowest BCUT2D eigenvalue weighted by atomic mass is 10.3. The molecule has 1 aromatic heterocycles. The molecule has 18 heavy (non-hydrogen) atoms. The average molecular weight is 286 g/mol. The van der Waals surface area contributed by atoms with Crippen molar-refractivity contribution < 1.29 is 19.1 Å². The Morgan fingerprint density at radius 3 is 2.94 bits per heavy atom. The van der Waals surface area contributed by atoms with Crippen molar-refractivity contribution in [2.24, 2.45) is 0 Å². The van der Waals surface area contributed by atoms with Crippen molar-refractivity contribution in [1.82, 2.24) is 5.32 Å². The van der Waals surface area contributed by atoms with Gasteiger partial charge in [0.25, 0.3) is 5.24 Å². The van der Waals surface area contributed by atoms with E-state index in [1.54, 1.807) is 11.4 Å². The molecule has 1 atom stereocenters. The smallest absolute Gasteiger partial charge is 0.350 e. The van der Waals surface area contributed by atoms with Crippen LogP contribution in [0.15, 0.2) is 11.4 Å². The number of hydrogen-bond acceptors (Lipinski definition) is 6. The number of carbonyl (C=O) groups excluding carboxylic acids is 3. The Balaban J connectivity index is 2.05. The Kier molecular flexibility index (Phi) is 3.87. The van der Waals surface area contributed by atoms with E-state index >= 15 is 0 Å². The summed E-state index contributed by atoms with van der Waals surface area (Å²) in [5, 5.41) is 6.61. The van der Waals surface area contributed by atoms with Gasteiger partial charge < -0.3 is 15.4 Å². The molecule has 1 aliphatic rings. The van der Waals surface area contributed by atoms with Gasteiger partial charge in [0, 0.05) is 5.75 Å². The van der Waals surface area contributed by atoms with E-state index in [0.717, 1.165) is 11.8 Å². The number of nitrogens with one attached hydrogen (secondary N) is 2. The molecule has 1 unspecified atom stereocenters. The highest BCUT2D eigenvalue weighted by atomic mass is 32.2. The summed E-state index contributed by atoms with van der Waals surface area (Å²) in [5.74, 6) is -0.440. The molecular formula is C10H10N2O4S2. The largest absolute Gasteiger partial charge is 0.465 e. The second-order valence-corrected chi connectivity index (χ2v) is 5.35. The minimum atomic E-state index is -0.562. The first-order valence-corrected chi connectivity index (χ1v) is 6.88. The number of hydrogen-bond donors (Lipinski definition) is 2. The minimum Gasteiger partial charge on any atom is -0.465 e. The number of anilines is 1. The van der Waals surface area contributed by atoms with Gasteiger partial charge in [-0.1, -0.05) is 11.8 Å². The van der Waals surface area contributed by atoms with Gasteiger partial charge in [-0.25, -0.2) is 4.79 Å². The molecule has 1 aromatic rings. The van der Waals surface area contributed by atoms with Crippen molar-refractivity contribution >= 4 is 45.9 Å². The summed E-state index contributed by atoms with van der Waals surface area (Å²) in [6.07, 6.45) is 0. The normalized spacial score (nSPS) is 18.3. The zero-order chi connectivity index (χ0) is 13.1. The molecule has 1 aliphatic heterocycles. The van der Waals surface area contributed by atoms with Gasteiger partial charge in [0.2, 0.25) is 5.91 Å². The third kappa shape index (κ3) is 2.65. The van der Waals surface area contributed by atoms with E-state index in [1.165, 1.54) is 18.4 Å². The number of methoxy groups -OCH3 is 1. The molecule has 2 amide bonds. The Morgan fingerprint density at radius 1 is 1.56 bits per heavy atom. The topological polar surface area (TPSA) is 84.5 Å². The van der Waals surface area contributed by atoms with Crippen LogP contribution in [0.25, 0.3) is 0 Å². The molecule has 1 fully saturated rings. The summed E-state index contributed by atoms with van der Waals surface area (Å²) < 4.78 is 4.61. The molecule has 0 saturated carbocycles. The predicted octanol–water partition coefficient (Wildman–Crippen LogP) is 1.30. The van der Waals surface area contributed by atoms with Crippen molar-refractivity contribution in [3.63, 3.8) is 0 Å². The highest BCUT2D eigenvalue weighted by molar-refractivity contribution is 8.14. The number of esters is 1. The van der Waals surface area contributed by atoms with Crippen LogP contribution in [0.1, 0.15) is 9.67 Å². The minimum absolute atomic E-state index is 0.214. The van der Waals surface area contributed by atoms with E-state index in [-0.39, 0.29) is 11.1 Å². The Labute approximate surface area is 111 Å². The summed E-state index contributed by atoms with van der Waals surface area (Å²) in [5.41, 5.74) is 0.406. The van der Waals surface area contributed by atoms with E-state index in [2.05, 4.69) is 15.4 Å². The summed E-state index contributed by atoms with van der Waals surface area (Å²) in [4.78, 5) is 34.6. The summed E-state index contributed by atoms with van der Waals surface area (Å²) >= 11 is 2.25. The lowest BCUT2D eigenvalue weighted by Crippen LogP contribution is -2.38. The molecule has 8 heteroatoms. The van der Waals surface area contributed by atoms with Crippen LogP contribution in [0, 0.1) is 0 Å². The quantitative estimate of drug-likeness (QED) is 0.818. The molecule has 2 heterocycles. The van der Waals surface area contributed by atoms with Gasteiger partial charge in [-0.05, 0) is 11.4 Å². The van der Waals surface area contributed by atoms with Crippen LogP contribution in [-0.4, -0.2) is 36.0 Å². The second-order valence-electron chi connectivity index (χ2n) is 3.44. The van der Waals surface area contributed by atoms with Crippen molar-refractivity contribution in [1.29, 1.82) is 0 Å². The Bertz CT molecular complexity index is 500. The van der Waals surface area contributed by atoms with E-state index in [9.17, 15) is 14.4 Å². The molecule has 0 radical (unpaired) electrons. The first-order valence-electron chi connectivity index (χ1n) is 5.01. The van der Waals surface area contributed by atoms with E-state index in [1.807, 2.05) is 0 Å². The van der Waals surface area contributed by atoms with Gasteiger partial charge in [0.05, 0.1) is 12.8 Å². The van der Waals surface area contributed by atoms with Crippen molar-refractivity contribution in [3.05, 3.63) is 16.3 Å². The third-order valence-corrected chi connectivity index (χ3v) is 4.06. The molecular weight excluding hydrogens is 276 g/mol. The molecule has 0 aromatic carbocycles. The number of amides is 2. The summed E-state index contributed by atoms with van der Waals surface area (Å²) in [7, 11) is 1.28. The fraction of sp³-hybridized carbons (Fsp3) is 0.300. The van der Waals surface area contributed by atoms with E-state index < -0.39 is 12.0 Å². The summed E-state index contributed by atoms with van der Waals surface area (Å²) in [6.45, 7) is 0. The maximum Gasteiger partial charge on any atom is 0.350 e. The standard InChI is InChI=1S/C10H10N2O4S2/c1-16-9(14)7-5(2-3-17-7)11-8(13)6-4-18-10(15)12-6/h2-3,6H,4H2,1H3,(H,11,13)(H,12,15). The van der Waals surface area contributed by atoms with Crippen LogP contribution in [-0.2, 0) is 9.53 Å². The maximum atomic E-state index is 11.8.